The van der Waals surface area contributed by atoms with Gasteiger partial charge in [-0.3, -0.25) is 4.79 Å². The molecule has 0 saturated carbocycles. The monoisotopic (exact) mass is 255 g/mol. The van der Waals surface area contributed by atoms with Crippen LogP contribution >= 0.6 is 0 Å². The molecule has 0 aromatic heterocycles. The van der Waals surface area contributed by atoms with E-state index in [1.165, 1.54) is 12.8 Å². The Balaban J connectivity index is 4.14. The maximum Gasteiger partial charge on any atom is 0.223 e. The fourth-order valence-corrected chi connectivity index (χ4v) is 2.58. The number of nitrogens with one attached hydrogen (secondary N) is 1. The van der Waals surface area contributed by atoms with Crippen molar-refractivity contribution in [2.75, 3.05) is 0 Å². The fourth-order valence-electron chi connectivity index (χ4n) is 2.58. The van der Waals surface area contributed by atoms with Crippen LogP contribution < -0.4 is 5.32 Å². The highest BCUT2D eigenvalue weighted by atomic mass is 16.1. The molecule has 0 aliphatic heterocycles. The summed E-state index contributed by atoms with van der Waals surface area (Å²) < 4.78 is 0. The van der Waals surface area contributed by atoms with Crippen molar-refractivity contribution in [2.24, 2.45) is 17.3 Å². The van der Waals surface area contributed by atoms with Gasteiger partial charge in [-0.25, -0.2) is 0 Å². The van der Waals surface area contributed by atoms with Gasteiger partial charge in [0.15, 0.2) is 0 Å². The maximum absolute atomic E-state index is 12.1. The van der Waals surface area contributed by atoms with Crippen LogP contribution in [0.1, 0.15) is 74.1 Å². The largest absolute Gasteiger partial charge is 0.353 e. The zero-order chi connectivity index (χ0) is 14.3. The summed E-state index contributed by atoms with van der Waals surface area (Å²) in [7, 11) is 0. The molecule has 0 aliphatic carbocycles. The smallest absolute Gasteiger partial charge is 0.223 e. The maximum atomic E-state index is 12.1. The van der Waals surface area contributed by atoms with Crippen molar-refractivity contribution in [2.45, 2.75) is 80.2 Å². The summed E-state index contributed by atoms with van der Waals surface area (Å²) in [6.07, 6.45) is 4.44. The Morgan fingerprint density at radius 1 is 1.11 bits per heavy atom. The van der Waals surface area contributed by atoms with Crippen LogP contribution in [-0.2, 0) is 4.79 Å². The first-order chi connectivity index (χ1) is 8.19. The molecule has 0 aromatic rings. The topological polar surface area (TPSA) is 29.1 Å². The molecule has 0 saturated heterocycles. The fraction of sp³-hybridized carbons (Fsp3) is 0.938. The van der Waals surface area contributed by atoms with Crippen molar-refractivity contribution >= 4 is 5.91 Å². The highest BCUT2D eigenvalue weighted by molar-refractivity contribution is 5.78. The molecular formula is C16H33NO. The van der Waals surface area contributed by atoms with E-state index in [1.807, 2.05) is 6.92 Å². The third kappa shape index (κ3) is 7.73. The predicted octanol–water partition coefficient (Wildman–Crippen LogP) is 4.39. The lowest BCUT2D eigenvalue weighted by atomic mass is 9.85. The third-order valence-corrected chi connectivity index (χ3v) is 3.60. The zero-order valence-electron chi connectivity index (χ0n) is 13.5. The summed E-state index contributed by atoms with van der Waals surface area (Å²) in [6, 6.07) is 0.296. The molecule has 2 nitrogen and oxygen atoms in total. The Kier molecular flexibility index (Phi) is 7.58. The Hall–Kier alpha value is -0.530. The predicted molar refractivity (Wildman–Crippen MR) is 79.5 cm³/mol. The minimum atomic E-state index is 0.106. The summed E-state index contributed by atoms with van der Waals surface area (Å²) in [5.41, 5.74) is 0.218. The van der Waals surface area contributed by atoms with Gasteiger partial charge in [-0.05, 0) is 31.1 Å². The molecule has 2 atom stereocenters. The van der Waals surface area contributed by atoms with Gasteiger partial charge < -0.3 is 5.32 Å². The second-order valence-electron chi connectivity index (χ2n) is 6.99. The lowest BCUT2D eigenvalue weighted by molar-refractivity contribution is -0.126. The number of rotatable bonds is 7. The molecule has 0 fully saturated rings. The van der Waals surface area contributed by atoms with Gasteiger partial charge in [0.05, 0.1) is 0 Å². The summed E-state index contributed by atoms with van der Waals surface area (Å²) in [5.74, 6) is 1.05. The van der Waals surface area contributed by atoms with Crippen LogP contribution in [0.2, 0.25) is 0 Å². The van der Waals surface area contributed by atoms with Gasteiger partial charge in [0.2, 0.25) is 5.91 Å². The highest BCUT2D eigenvalue weighted by Crippen LogP contribution is 2.24. The summed E-state index contributed by atoms with van der Waals surface area (Å²) >= 11 is 0. The van der Waals surface area contributed by atoms with Crippen molar-refractivity contribution in [1.82, 2.24) is 5.32 Å². The molecule has 108 valence electrons. The second kappa shape index (κ2) is 7.81. The van der Waals surface area contributed by atoms with Gasteiger partial charge in [-0.1, -0.05) is 54.4 Å². The second-order valence-corrected chi connectivity index (χ2v) is 6.99. The first-order valence-corrected chi connectivity index (χ1v) is 7.50. The van der Waals surface area contributed by atoms with E-state index in [4.69, 9.17) is 0 Å². The molecule has 0 spiro atoms. The normalized spacial score (nSPS) is 15.6. The van der Waals surface area contributed by atoms with E-state index >= 15 is 0 Å². The lowest BCUT2D eigenvalue weighted by Crippen LogP contribution is -2.38. The standard InChI is InChI=1S/C16H33NO/c1-8-14(9-2)10-13(4)17-15(18)12(3)11-16(5,6)7/h12-14H,8-11H2,1-7H3,(H,17,18). The Morgan fingerprint density at radius 2 is 1.61 bits per heavy atom. The van der Waals surface area contributed by atoms with Crippen molar-refractivity contribution in [3.05, 3.63) is 0 Å². The minimum Gasteiger partial charge on any atom is -0.353 e. The van der Waals surface area contributed by atoms with Gasteiger partial charge in [0.25, 0.3) is 0 Å². The van der Waals surface area contributed by atoms with Gasteiger partial charge in [0, 0.05) is 12.0 Å². The molecule has 0 radical (unpaired) electrons. The van der Waals surface area contributed by atoms with Crippen molar-refractivity contribution < 1.29 is 4.79 Å². The molecule has 2 heteroatoms. The average molecular weight is 255 g/mol. The van der Waals surface area contributed by atoms with E-state index in [1.54, 1.807) is 0 Å². The van der Waals surface area contributed by atoms with Crippen molar-refractivity contribution in [3.63, 3.8) is 0 Å². The average Bonchev–Trinajstić information content (AvgIpc) is 2.23. The molecule has 0 bridgehead atoms. The van der Waals surface area contributed by atoms with Crippen molar-refractivity contribution in [1.29, 1.82) is 0 Å². The van der Waals surface area contributed by atoms with Gasteiger partial charge in [-0.2, -0.15) is 0 Å². The van der Waals surface area contributed by atoms with E-state index in [0.717, 1.165) is 18.8 Å². The minimum absolute atomic E-state index is 0.106. The van der Waals surface area contributed by atoms with Gasteiger partial charge in [-0.15, -0.1) is 0 Å². The van der Waals surface area contributed by atoms with Crippen LogP contribution in [-0.4, -0.2) is 11.9 Å². The van der Waals surface area contributed by atoms with Crippen LogP contribution in [0.15, 0.2) is 0 Å². The number of carbonyl (C=O) groups excluding carboxylic acids is 1. The highest BCUT2D eigenvalue weighted by Gasteiger charge is 2.22. The third-order valence-electron chi connectivity index (χ3n) is 3.60. The molecule has 0 aromatic carbocycles. The molecule has 1 N–H and O–H groups in total. The van der Waals surface area contributed by atoms with Crippen LogP contribution in [0, 0.1) is 17.3 Å². The summed E-state index contributed by atoms with van der Waals surface area (Å²) in [4.78, 5) is 12.1. The first-order valence-electron chi connectivity index (χ1n) is 7.50. The Labute approximate surface area is 114 Å². The molecular weight excluding hydrogens is 222 g/mol. The molecule has 2 unspecified atom stereocenters. The van der Waals surface area contributed by atoms with E-state index in [9.17, 15) is 4.79 Å². The molecule has 1 amide bonds. The quantitative estimate of drug-likeness (QED) is 0.718. The molecule has 18 heavy (non-hydrogen) atoms. The number of hydrogen-bond donors (Lipinski definition) is 1. The van der Waals surface area contributed by atoms with Gasteiger partial charge in [0.1, 0.15) is 0 Å². The van der Waals surface area contributed by atoms with E-state index in [-0.39, 0.29) is 17.2 Å². The van der Waals surface area contributed by atoms with Crippen LogP contribution in [0.3, 0.4) is 0 Å². The molecule has 0 heterocycles. The number of hydrogen-bond acceptors (Lipinski definition) is 1. The van der Waals surface area contributed by atoms with E-state index in [0.29, 0.717) is 6.04 Å². The number of carbonyl (C=O) groups is 1. The van der Waals surface area contributed by atoms with E-state index in [2.05, 4.69) is 46.9 Å². The lowest BCUT2D eigenvalue weighted by Gasteiger charge is -2.25. The molecule has 0 rings (SSSR count). The van der Waals surface area contributed by atoms with Crippen LogP contribution in [0.4, 0.5) is 0 Å². The SMILES string of the molecule is CCC(CC)CC(C)NC(=O)C(C)CC(C)(C)C. The molecule has 0 aliphatic rings. The summed E-state index contributed by atoms with van der Waals surface area (Å²) in [6.45, 7) is 15.2. The van der Waals surface area contributed by atoms with Gasteiger partial charge >= 0.3 is 0 Å². The van der Waals surface area contributed by atoms with Crippen LogP contribution in [0.5, 0.6) is 0 Å². The zero-order valence-corrected chi connectivity index (χ0v) is 13.5. The summed E-state index contributed by atoms with van der Waals surface area (Å²) in [5, 5.41) is 3.16. The first kappa shape index (κ1) is 17.5. The Bertz CT molecular complexity index is 238. The number of amides is 1. The van der Waals surface area contributed by atoms with E-state index < -0.39 is 0 Å². The van der Waals surface area contributed by atoms with Crippen molar-refractivity contribution in [3.8, 4) is 0 Å². The van der Waals surface area contributed by atoms with Crippen LogP contribution in [0.25, 0.3) is 0 Å². The Morgan fingerprint density at radius 3 is 2.00 bits per heavy atom.